The van der Waals surface area contributed by atoms with E-state index in [1.807, 2.05) is 31.3 Å². The SMILES string of the molecule is [B]c1ccc(CC(C[CH-]C(=O)O)NC)cc1.[Re]. The summed E-state index contributed by atoms with van der Waals surface area (Å²) in [7, 11) is 7.42. The molecule has 0 fully saturated rings. The molecular formula is C12H15BNO2Re-. The van der Waals surface area contributed by atoms with Gasteiger partial charge in [0.25, 0.3) is 0 Å². The van der Waals surface area contributed by atoms with Gasteiger partial charge >= 0.3 is 0 Å². The third-order valence-electron chi connectivity index (χ3n) is 2.45. The van der Waals surface area contributed by atoms with Crippen LogP contribution in [0.2, 0.25) is 0 Å². The molecule has 1 aromatic rings. The van der Waals surface area contributed by atoms with Crippen LogP contribution in [0.15, 0.2) is 24.3 Å². The van der Waals surface area contributed by atoms with Gasteiger partial charge in [0, 0.05) is 20.4 Å². The predicted molar refractivity (Wildman–Crippen MR) is 64.9 cm³/mol. The number of rotatable bonds is 6. The van der Waals surface area contributed by atoms with Crippen LogP contribution in [0.25, 0.3) is 0 Å². The minimum Gasteiger partial charge on any atom is -0.503 e. The van der Waals surface area contributed by atoms with Gasteiger partial charge in [-0.25, -0.2) is 0 Å². The molecule has 1 rings (SSSR count). The zero-order chi connectivity index (χ0) is 12.0. The monoisotopic (exact) mass is 403 g/mol. The molecule has 0 bridgehead atoms. The fourth-order valence-electron chi connectivity index (χ4n) is 1.48. The van der Waals surface area contributed by atoms with E-state index in [9.17, 15) is 4.79 Å². The maximum absolute atomic E-state index is 10.4. The van der Waals surface area contributed by atoms with E-state index >= 15 is 0 Å². The maximum Gasteiger partial charge on any atom is 0.164 e. The van der Waals surface area contributed by atoms with Crippen molar-refractivity contribution in [2.45, 2.75) is 18.9 Å². The molecule has 1 atom stereocenters. The summed E-state index contributed by atoms with van der Waals surface area (Å²) in [5.41, 5.74) is 1.88. The molecule has 0 saturated carbocycles. The van der Waals surface area contributed by atoms with Crippen LogP contribution in [0.4, 0.5) is 0 Å². The summed E-state index contributed by atoms with van der Waals surface area (Å²) in [4.78, 5) is 10.4. The van der Waals surface area contributed by atoms with E-state index < -0.39 is 5.97 Å². The van der Waals surface area contributed by atoms with Crippen molar-refractivity contribution < 1.29 is 30.3 Å². The number of benzene rings is 1. The van der Waals surface area contributed by atoms with Crippen LogP contribution in [0.1, 0.15) is 12.0 Å². The van der Waals surface area contributed by atoms with Crippen molar-refractivity contribution in [2.75, 3.05) is 7.05 Å². The molecule has 0 aromatic heterocycles. The molecule has 0 amide bonds. The number of carboxylic acid groups (broad SMARTS) is 1. The topological polar surface area (TPSA) is 49.3 Å². The zero-order valence-electron chi connectivity index (χ0n) is 9.69. The molecule has 0 aliphatic rings. The van der Waals surface area contributed by atoms with E-state index in [-0.39, 0.29) is 26.5 Å². The van der Waals surface area contributed by atoms with Crippen LogP contribution in [-0.4, -0.2) is 32.0 Å². The molecule has 3 nitrogen and oxygen atoms in total. The predicted octanol–water partition coefficient (Wildman–Crippen LogP) is 0.287. The Bertz CT molecular complexity index is 343. The first kappa shape index (κ1) is 16.2. The van der Waals surface area contributed by atoms with E-state index in [1.165, 1.54) is 6.42 Å². The van der Waals surface area contributed by atoms with E-state index in [4.69, 9.17) is 13.0 Å². The molecule has 0 spiro atoms. The summed E-state index contributed by atoms with van der Waals surface area (Å²) in [5, 5.41) is 11.7. The fraction of sp³-hybridized carbons (Fsp3) is 0.333. The molecule has 5 heteroatoms. The van der Waals surface area contributed by atoms with Crippen LogP contribution < -0.4 is 10.8 Å². The Labute approximate surface area is 117 Å². The van der Waals surface area contributed by atoms with Gasteiger partial charge in [0.1, 0.15) is 7.85 Å². The maximum atomic E-state index is 10.4. The fourth-order valence-corrected chi connectivity index (χ4v) is 1.48. The molecule has 1 unspecified atom stereocenters. The Morgan fingerprint density at radius 3 is 2.53 bits per heavy atom. The number of hydrogen-bond donors (Lipinski definition) is 2. The van der Waals surface area contributed by atoms with Gasteiger partial charge in [-0.2, -0.15) is 0 Å². The van der Waals surface area contributed by atoms with Crippen molar-refractivity contribution >= 4 is 19.3 Å². The van der Waals surface area contributed by atoms with Crippen molar-refractivity contribution in [1.82, 2.24) is 5.32 Å². The van der Waals surface area contributed by atoms with Gasteiger partial charge in [0.15, 0.2) is 5.97 Å². The van der Waals surface area contributed by atoms with E-state index in [1.54, 1.807) is 0 Å². The van der Waals surface area contributed by atoms with Crippen LogP contribution in [0.5, 0.6) is 0 Å². The Morgan fingerprint density at radius 2 is 2.06 bits per heavy atom. The van der Waals surface area contributed by atoms with Crippen LogP contribution in [0, 0.1) is 6.42 Å². The standard InChI is InChI=1S/C12H15BNO2.Re/c1-14-11(6-7-12(15)16)8-9-2-4-10(13)5-3-9;/h2-5,7,11,14H,6,8H2,1H3,(H,15,16);/q-1;. The van der Waals surface area contributed by atoms with Crippen LogP contribution in [0.3, 0.4) is 0 Å². The summed E-state index contributed by atoms with van der Waals surface area (Å²) < 4.78 is 0. The van der Waals surface area contributed by atoms with Crippen molar-refractivity contribution in [1.29, 1.82) is 0 Å². The number of aliphatic carboxylic acids is 1. The number of nitrogens with one attached hydrogen (secondary N) is 1. The Kier molecular flexibility index (Phi) is 7.98. The Balaban J connectivity index is 0.00000256. The van der Waals surface area contributed by atoms with Crippen LogP contribution >= 0.6 is 0 Å². The van der Waals surface area contributed by atoms with E-state index in [0.29, 0.717) is 6.42 Å². The number of carbonyl (C=O) groups is 1. The second-order valence-electron chi connectivity index (χ2n) is 3.71. The van der Waals surface area contributed by atoms with Crippen molar-refractivity contribution in [3.05, 3.63) is 36.2 Å². The molecule has 2 N–H and O–H groups in total. The van der Waals surface area contributed by atoms with Crippen LogP contribution in [-0.2, 0) is 31.6 Å². The first-order chi connectivity index (χ1) is 7.61. The molecule has 0 aliphatic carbocycles. The van der Waals surface area contributed by atoms with Gasteiger partial charge in [0.05, 0.1) is 0 Å². The van der Waals surface area contributed by atoms with Gasteiger partial charge in [-0.15, -0.1) is 6.42 Å². The van der Waals surface area contributed by atoms with Gasteiger partial charge in [-0.05, 0) is 25.1 Å². The Hall–Kier alpha value is -0.753. The summed E-state index contributed by atoms with van der Waals surface area (Å²) >= 11 is 0. The molecule has 0 heterocycles. The Morgan fingerprint density at radius 1 is 1.47 bits per heavy atom. The molecular weight excluding hydrogens is 387 g/mol. The molecule has 1 aromatic carbocycles. The quantitative estimate of drug-likeness (QED) is 0.531. The summed E-state index contributed by atoms with van der Waals surface area (Å²) in [6.07, 6.45) is 2.58. The minimum absolute atomic E-state index is 0. The number of hydrogen-bond acceptors (Lipinski definition) is 2. The largest absolute Gasteiger partial charge is 0.503 e. The van der Waals surface area contributed by atoms with E-state index in [2.05, 4.69) is 5.32 Å². The van der Waals surface area contributed by atoms with Crippen molar-refractivity contribution in [3.63, 3.8) is 0 Å². The minimum atomic E-state index is -0.877. The molecule has 91 valence electrons. The third kappa shape index (κ3) is 6.53. The first-order valence-electron chi connectivity index (χ1n) is 5.19. The smallest absolute Gasteiger partial charge is 0.164 e. The van der Waals surface area contributed by atoms with Crippen molar-refractivity contribution in [3.8, 4) is 0 Å². The average Bonchev–Trinajstić information content (AvgIpc) is 2.26. The second-order valence-corrected chi connectivity index (χ2v) is 3.71. The third-order valence-corrected chi connectivity index (χ3v) is 2.45. The first-order valence-corrected chi connectivity index (χ1v) is 5.19. The second kappa shape index (κ2) is 8.35. The molecule has 17 heavy (non-hydrogen) atoms. The van der Waals surface area contributed by atoms with Crippen molar-refractivity contribution in [2.24, 2.45) is 0 Å². The summed E-state index contributed by atoms with van der Waals surface area (Å²) in [6.45, 7) is 0. The normalized spacial score (nSPS) is 11.4. The van der Waals surface area contributed by atoms with Gasteiger partial charge in [-0.1, -0.05) is 29.7 Å². The summed E-state index contributed by atoms with van der Waals surface area (Å²) in [5.74, 6) is -0.877. The van der Waals surface area contributed by atoms with E-state index in [0.717, 1.165) is 17.4 Å². The number of likely N-dealkylation sites (N-methyl/N-ethyl adjacent to an activating group) is 1. The van der Waals surface area contributed by atoms with Gasteiger partial charge in [0.2, 0.25) is 0 Å². The van der Waals surface area contributed by atoms with Gasteiger partial charge < -0.3 is 10.4 Å². The van der Waals surface area contributed by atoms with Gasteiger partial charge in [-0.3, -0.25) is 11.2 Å². The average molecular weight is 402 g/mol. The summed E-state index contributed by atoms with van der Waals surface area (Å²) in [6, 6.07) is 7.76. The molecule has 0 aliphatic heterocycles. The molecule has 0 saturated heterocycles. The zero-order valence-corrected chi connectivity index (χ0v) is 12.4. The number of carboxylic acids is 1. The molecule has 3 radical (unpaired) electrons.